The maximum atomic E-state index is 13.7. The molecule has 2 aromatic carbocycles. The van der Waals surface area contributed by atoms with Crippen LogP contribution >= 0.6 is 0 Å². The van der Waals surface area contributed by atoms with Crippen molar-refractivity contribution in [2.75, 3.05) is 34.1 Å². The van der Waals surface area contributed by atoms with Crippen molar-refractivity contribution in [3.05, 3.63) is 77.1 Å². The van der Waals surface area contributed by atoms with Crippen LogP contribution in [0.3, 0.4) is 0 Å². The summed E-state index contributed by atoms with van der Waals surface area (Å²) in [5, 5.41) is 10.0. The van der Waals surface area contributed by atoms with Crippen LogP contribution in [0.2, 0.25) is 0 Å². The van der Waals surface area contributed by atoms with E-state index in [0.717, 1.165) is 17.8 Å². The van der Waals surface area contributed by atoms with Gasteiger partial charge in [-0.2, -0.15) is 23.3 Å². The van der Waals surface area contributed by atoms with Crippen LogP contribution in [0.5, 0.6) is 5.75 Å². The molecule has 14 heteroatoms. The molecule has 42 heavy (non-hydrogen) atoms. The Hall–Kier alpha value is -5.14. The van der Waals surface area contributed by atoms with Crippen molar-refractivity contribution < 1.29 is 27.5 Å². The van der Waals surface area contributed by atoms with Crippen LogP contribution in [0, 0.1) is 6.92 Å². The van der Waals surface area contributed by atoms with E-state index in [9.17, 15) is 22.8 Å². The Bertz CT molecular complexity index is 1670. The van der Waals surface area contributed by atoms with Gasteiger partial charge in [0.1, 0.15) is 17.4 Å². The Balaban J connectivity index is 1.43. The average molecular weight is 581 g/mol. The molecule has 0 fully saturated rings. The zero-order valence-electron chi connectivity index (χ0n) is 23.2. The summed E-state index contributed by atoms with van der Waals surface area (Å²) in [7, 11) is 3.22. The molecule has 1 aliphatic rings. The predicted octanol–water partition coefficient (Wildman–Crippen LogP) is 5.51. The number of methoxy groups -OCH3 is 1. The molecular weight excluding hydrogens is 553 g/mol. The third kappa shape index (κ3) is 5.68. The van der Waals surface area contributed by atoms with Crippen molar-refractivity contribution in [1.82, 2.24) is 19.7 Å². The molecule has 218 valence electrons. The number of carbonyl (C=O) groups is 2. The van der Waals surface area contributed by atoms with Gasteiger partial charge >= 0.3 is 12.2 Å². The summed E-state index contributed by atoms with van der Waals surface area (Å²) in [6.45, 7) is 4.12. The summed E-state index contributed by atoms with van der Waals surface area (Å²) in [5.41, 5.74) is 1.03. The number of nitrogens with one attached hydrogen (secondary N) is 2. The molecule has 0 unspecified atom stereocenters. The van der Waals surface area contributed by atoms with E-state index in [1.807, 2.05) is 19.9 Å². The van der Waals surface area contributed by atoms with E-state index in [1.165, 1.54) is 35.1 Å². The van der Waals surface area contributed by atoms with Gasteiger partial charge in [0.25, 0.3) is 5.91 Å². The lowest BCUT2D eigenvalue weighted by atomic mass is 10.1. The number of amides is 3. The smallest absolute Gasteiger partial charge is 0.416 e. The number of carbonyl (C=O) groups excluding carboxylic acids is 2. The molecule has 3 heterocycles. The third-order valence-corrected chi connectivity index (χ3v) is 6.59. The monoisotopic (exact) mass is 580 g/mol. The minimum Gasteiger partial charge on any atom is -0.497 e. The van der Waals surface area contributed by atoms with Crippen molar-refractivity contribution in [1.29, 1.82) is 0 Å². The summed E-state index contributed by atoms with van der Waals surface area (Å²) in [6.07, 6.45) is -2.96. The molecule has 11 nitrogen and oxygen atoms in total. The molecule has 0 atom stereocenters. The van der Waals surface area contributed by atoms with Crippen molar-refractivity contribution in [2.24, 2.45) is 7.05 Å². The number of urea groups is 1. The maximum absolute atomic E-state index is 13.7. The average Bonchev–Trinajstić information content (AvgIpc) is 3.27. The number of halogens is 3. The highest BCUT2D eigenvalue weighted by molar-refractivity contribution is 6.07. The summed E-state index contributed by atoms with van der Waals surface area (Å²) < 4.78 is 46.5. The summed E-state index contributed by atoms with van der Waals surface area (Å²) in [5.74, 6) is 1.03. The molecule has 3 amide bonds. The van der Waals surface area contributed by atoms with E-state index in [2.05, 4.69) is 25.7 Å². The number of anilines is 5. The SMILES string of the molecule is CCN1C(=O)N(c2cc(NC(=O)c3cccc(C(F)(F)F)c3)cc(OC)c2)Cc2cnc(Nc3cc(C)nn3C)nc21. The van der Waals surface area contributed by atoms with Crippen LogP contribution in [-0.2, 0) is 19.8 Å². The summed E-state index contributed by atoms with van der Waals surface area (Å²) >= 11 is 0. The predicted molar refractivity (Wildman–Crippen MR) is 150 cm³/mol. The van der Waals surface area contributed by atoms with Crippen LogP contribution in [-0.4, -0.2) is 45.3 Å². The quantitative estimate of drug-likeness (QED) is 0.296. The van der Waals surface area contributed by atoms with Crippen molar-refractivity contribution in [2.45, 2.75) is 26.6 Å². The normalized spacial score (nSPS) is 13.2. The van der Waals surface area contributed by atoms with Gasteiger partial charge in [-0.15, -0.1) is 0 Å². The Labute approximate surface area is 238 Å². The number of nitrogens with zero attached hydrogens (tertiary/aromatic N) is 6. The molecule has 2 aromatic heterocycles. The molecule has 0 saturated heterocycles. The van der Waals surface area contributed by atoms with E-state index in [4.69, 9.17) is 4.74 Å². The molecule has 0 saturated carbocycles. The molecule has 4 aromatic rings. The Morgan fingerprint density at radius 1 is 1.14 bits per heavy atom. The van der Waals surface area contributed by atoms with Gasteiger partial charge in [-0.1, -0.05) is 6.07 Å². The fourth-order valence-electron chi connectivity index (χ4n) is 4.58. The zero-order valence-corrected chi connectivity index (χ0v) is 23.2. The van der Waals surface area contributed by atoms with Crippen LogP contribution in [0.1, 0.15) is 34.1 Å². The standard InChI is InChI=1S/C28H27F3N8O3/c1-5-38-24-18(14-32-26(35-24)34-23-9-16(2)36-37(23)3)15-39(27(38)41)21-11-20(12-22(13-21)42-4)33-25(40)17-7-6-8-19(10-17)28(29,30)31/h6-14H,5,15H2,1-4H3,(H,33,40)(H,32,34,35). The second-order valence-electron chi connectivity index (χ2n) is 9.53. The van der Waals surface area contributed by atoms with E-state index in [-0.39, 0.29) is 23.8 Å². The van der Waals surface area contributed by atoms with E-state index >= 15 is 0 Å². The van der Waals surface area contributed by atoms with Crippen molar-refractivity contribution in [3.63, 3.8) is 0 Å². The third-order valence-electron chi connectivity index (χ3n) is 6.59. The van der Waals surface area contributed by atoms with Crippen molar-refractivity contribution >= 4 is 40.9 Å². The number of rotatable bonds is 7. The molecule has 0 radical (unpaired) electrons. The largest absolute Gasteiger partial charge is 0.497 e. The molecular formula is C28H27F3N8O3. The molecule has 0 spiro atoms. The first kappa shape index (κ1) is 28.4. The van der Waals surface area contributed by atoms with Gasteiger partial charge in [-0.25, -0.2) is 9.78 Å². The van der Waals surface area contributed by atoms with Gasteiger partial charge in [0, 0.05) is 54.8 Å². The van der Waals surface area contributed by atoms with E-state index < -0.39 is 17.6 Å². The lowest BCUT2D eigenvalue weighted by Crippen LogP contribution is -2.48. The molecule has 0 aliphatic carbocycles. The van der Waals surface area contributed by atoms with Crippen LogP contribution in [0.25, 0.3) is 0 Å². The van der Waals surface area contributed by atoms with Crippen molar-refractivity contribution in [3.8, 4) is 5.75 Å². The number of alkyl halides is 3. The molecule has 0 bridgehead atoms. The van der Waals surface area contributed by atoms with Crippen LogP contribution < -0.4 is 25.2 Å². The van der Waals surface area contributed by atoms with Gasteiger partial charge in [-0.05, 0) is 38.1 Å². The highest BCUT2D eigenvalue weighted by Crippen LogP contribution is 2.35. The van der Waals surface area contributed by atoms with E-state index in [1.54, 1.807) is 30.1 Å². The first-order valence-corrected chi connectivity index (χ1v) is 12.9. The molecule has 1 aliphatic heterocycles. The number of aromatic nitrogens is 4. The first-order chi connectivity index (χ1) is 20.0. The first-order valence-electron chi connectivity index (χ1n) is 12.9. The lowest BCUT2D eigenvalue weighted by Gasteiger charge is -2.35. The minimum absolute atomic E-state index is 0.129. The van der Waals surface area contributed by atoms with Gasteiger partial charge < -0.3 is 15.4 Å². The van der Waals surface area contributed by atoms with Crippen LogP contribution in [0.4, 0.5) is 46.9 Å². The number of benzene rings is 2. The van der Waals surface area contributed by atoms with Gasteiger partial charge in [0.05, 0.1) is 30.6 Å². The second-order valence-corrected chi connectivity index (χ2v) is 9.53. The minimum atomic E-state index is -4.59. The Morgan fingerprint density at radius 3 is 2.60 bits per heavy atom. The number of aryl methyl sites for hydroxylation is 2. The van der Waals surface area contributed by atoms with E-state index in [0.29, 0.717) is 41.1 Å². The number of hydrogen-bond acceptors (Lipinski definition) is 7. The Kier molecular flexibility index (Phi) is 7.45. The topological polar surface area (TPSA) is 118 Å². The number of hydrogen-bond donors (Lipinski definition) is 2. The number of fused-ring (bicyclic) bond motifs is 1. The van der Waals surface area contributed by atoms with Gasteiger partial charge in [-0.3, -0.25) is 19.3 Å². The van der Waals surface area contributed by atoms with Gasteiger partial charge in [0.15, 0.2) is 0 Å². The van der Waals surface area contributed by atoms with Gasteiger partial charge in [0.2, 0.25) is 5.95 Å². The Morgan fingerprint density at radius 2 is 1.93 bits per heavy atom. The summed E-state index contributed by atoms with van der Waals surface area (Å²) in [4.78, 5) is 38.5. The fraction of sp³-hybridized carbons (Fsp3) is 0.250. The second kappa shape index (κ2) is 11.0. The highest BCUT2D eigenvalue weighted by atomic mass is 19.4. The molecule has 2 N–H and O–H groups in total. The number of ether oxygens (including phenoxy) is 1. The zero-order chi connectivity index (χ0) is 30.2. The lowest BCUT2D eigenvalue weighted by molar-refractivity contribution is -0.137. The maximum Gasteiger partial charge on any atom is 0.416 e. The summed E-state index contributed by atoms with van der Waals surface area (Å²) in [6, 6.07) is 10.3. The fourth-order valence-corrected chi connectivity index (χ4v) is 4.58. The highest BCUT2D eigenvalue weighted by Gasteiger charge is 2.33. The molecule has 5 rings (SSSR count). The van der Waals surface area contributed by atoms with Crippen LogP contribution in [0.15, 0.2) is 54.7 Å².